The number of rotatable bonds is 10. The Morgan fingerprint density at radius 2 is 1.49 bits per heavy atom. The number of amides is 1. The van der Waals surface area contributed by atoms with E-state index in [1.54, 1.807) is 39.5 Å². The fourth-order valence-electron chi connectivity index (χ4n) is 4.06. The van der Waals surface area contributed by atoms with Crippen LogP contribution in [0.1, 0.15) is 27.2 Å². The maximum absolute atomic E-state index is 13.8. The molecule has 1 heterocycles. The molecule has 1 aromatic heterocycles. The van der Waals surface area contributed by atoms with Crippen molar-refractivity contribution >= 4 is 5.91 Å². The standard InChI is InChI=1S/C29H30N2O4/c1-33-25-13-7-11-23(17-25)20-30-16-8-12-24(30)21-31(19-22-9-5-4-6-10-22)29(32)27-15-14-26(34-2)18-28(27)35-3/h4-18H,19-21H2,1-3H3. The zero-order valence-corrected chi connectivity index (χ0v) is 20.3. The Hall–Kier alpha value is -4.19. The molecule has 0 radical (unpaired) electrons. The molecule has 35 heavy (non-hydrogen) atoms. The predicted molar refractivity (Wildman–Crippen MR) is 136 cm³/mol. The fraction of sp³-hybridized carbons (Fsp3) is 0.207. The van der Waals surface area contributed by atoms with Crippen LogP contribution in [0.5, 0.6) is 17.2 Å². The molecule has 6 nitrogen and oxygen atoms in total. The van der Waals surface area contributed by atoms with Gasteiger partial charge in [-0.3, -0.25) is 4.79 Å². The first kappa shape index (κ1) is 24.0. The monoisotopic (exact) mass is 470 g/mol. The lowest BCUT2D eigenvalue weighted by atomic mass is 10.1. The molecular weight excluding hydrogens is 440 g/mol. The van der Waals surface area contributed by atoms with Crippen molar-refractivity contribution in [2.24, 2.45) is 0 Å². The minimum absolute atomic E-state index is 0.109. The number of ether oxygens (including phenoxy) is 3. The zero-order chi connectivity index (χ0) is 24.6. The molecule has 6 heteroatoms. The average molecular weight is 471 g/mol. The van der Waals surface area contributed by atoms with E-state index in [0.29, 0.717) is 36.7 Å². The molecule has 0 aliphatic carbocycles. The van der Waals surface area contributed by atoms with Crippen LogP contribution in [0.2, 0.25) is 0 Å². The van der Waals surface area contributed by atoms with Gasteiger partial charge in [0.1, 0.15) is 17.2 Å². The van der Waals surface area contributed by atoms with Crippen molar-refractivity contribution in [3.05, 3.63) is 114 Å². The van der Waals surface area contributed by atoms with Crippen LogP contribution in [-0.2, 0) is 19.6 Å². The van der Waals surface area contributed by atoms with Crippen LogP contribution in [0.15, 0.2) is 91.1 Å². The molecule has 4 rings (SSSR count). The SMILES string of the molecule is COc1cccc(Cn2cccc2CN(Cc2ccccc2)C(=O)c2ccc(OC)cc2OC)c1. The summed E-state index contributed by atoms with van der Waals surface area (Å²) in [6, 6.07) is 27.3. The number of carbonyl (C=O) groups is 1. The lowest BCUT2D eigenvalue weighted by molar-refractivity contribution is 0.0722. The minimum Gasteiger partial charge on any atom is -0.497 e. The third-order valence-corrected chi connectivity index (χ3v) is 5.91. The Bertz CT molecular complexity index is 1270. The number of methoxy groups -OCH3 is 3. The van der Waals surface area contributed by atoms with Crippen molar-refractivity contribution in [1.82, 2.24) is 9.47 Å². The van der Waals surface area contributed by atoms with Gasteiger partial charge in [0.2, 0.25) is 0 Å². The van der Waals surface area contributed by atoms with Gasteiger partial charge in [0, 0.05) is 31.0 Å². The Labute approximate surface area is 206 Å². The molecule has 0 aliphatic rings. The highest BCUT2D eigenvalue weighted by Gasteiger charge is 2.22. The zero-order valence-electron chi connectivity index (χ0n) is 20.3. The summed E-state index contributed by atoms with van der Waals surface area (Å²) < 4.78 is 18.4. The topological polar surface area (TPSA) is 52.9 Å². The van der Waals surface area contributed by atoms with Crippen molar-refractivity contribution in [2.75, 3.05) is 21.3 Å². The van der Waals surface area contributed by atoms with Crippen LogP contribution in [0.25, 0.3) is 0 Å². The number of carbonyl (C=O) groups excluding carboxylic acids is 1. The Kier molecular flexibility index (Phi) is 7.73. The minimum atomic E-state index is -0.109. The summed E-state index contributed by atoms with van der Waals surface area (Å²) in [6.45, 7) is 1.60. The normalized spacial score (nSPS) is 10.6. The number of hydrogen-bond donors (Lipinski definition) is 0. The highest BCUT2D eigenvalue weighted by molar-refractivity contribution is 5.97. The van der Waals surface area contributed by atoms with Gasteiger partial charge in [-0.1, -0.05) is 42.5 Å². The van der Waals surface area contributed by atoms with Gasteiger partial charge in [0.05, 0.1) is 33.4 Å². The fourth-order valence-corrected chi connectivity index (χ4v) is 4.06. The second-order valence-electron chi connectivity index (χ2n) is 8.19. The van der Waals surface area contributed by atoms with Crippen LogP contribution >= 0.6 is 0 Å². The van der Waals surface area contributed by atoms with E-state index in [0.717, 1.165) is 22.6 Å². The maximum Gasteiger partial charge on any atom is 0.258 e. The average Bonchev–Trinajstić information content (AvgIpc) is 3.34. The van der Waals surface area contributed by atoms with E-state index in [4.69, 9.17) is 14.2 Å². The smallest absolute Gasteiger partial charge is 0.258 e. The van der Waals surface area contributed by atoms with Gasteiger partial charge in [-0.15, -0.1) is 0 Å². The van der Waals surface area contributed by atoms with E-state index in [2.05, 4.69) is 16.7 Å². The van der Waals surface area contributed by atoms with E-state index in [9.17, 15) is 4.79 Å². The third kappa shape index (κ3) is 5.84. The third-order valence-electron chi connectivity index (χ3n) is 5.91. The first-order valence-electron chi connectivity index (χ1n) is 11.4. The van der Waals surface area contributed by atoms with Crippen molar-refractivity contribution in [2.45, 2.75) is 19.6 Å². The number of nitrogens with zero attached hydrogens (tertiary/aromatic N) is 2. The maximum atomic E-state index is 13.8. The highest BCUT2D eigenvalue weighted by atomic mass is 16.5. The van der Waals surface area contributed by atoms with Crippen LogP contribution in [0.4, 0.5) is 0 Å². The van der Waals surface area contributed by atoms with Gasteiger partial charge < -0.3 is 23.7 Å². The van der Waals surface area contributed by atoms with Crippen molar-refractivity contribution in [3.63, 3.8) is 0 Å². The summed E-state index contributed by atoms with van der Waals surface area (Å²) in [5.41, 5.74) is 3.71. The van der Waals surface area contributed by atoms with Crippen LogP contribution < -0.4 is 14.2 Å². The van der Waals surface area contributed by atoms with Gasteiger partial charge in [-0.25, -0.2) is 0 Å². The van der Waals surface area contributed by atoms with Crippen LogP contribution in [0, 0.1) is 0 Å². The first-order valence-corrected chi connectivity index (χ1v) is 11.4. The molecule has 180 valence electrons. The Morgan fingerprint density at radius 1 is 0.743 bits per heavy atom. The molecule has 0 atom stereocenters. The van der Waals surface area contributed by atoms with Gasteiger partial charge in [0.15, 0.2) is 0 Å². The number of hydrogen-bond acceptors (Lipinski definition) is 4. The molecular formula is C29H30N2O4. The van der Waals surface area contributed by atoms with E-state index in [1.165, 1.54) is 0 Å². The molecule has 0 spiro atoms. The van der Waals surface area contributed by atoms with Crippen LogP contribution in [0.3, 0.4) is 0 Å². The van der Waals surface area contributed by atoms with Gasteiger partial charge in [-0.2, -0.15) is 0 Å². The largest absolute Gasteiger partial charge is 0.497 e. The van der Waals surface area contributed by atoms with Gasteiger partial charge in [0.25, 0.3) is 5.91 Å². The molecule has 0 saturated heterocycles. The molecule has 0 saturated carbocycles. The Morgan fingerprint density at radius 3 is 2.23 bits per heavy atom. The lowest BCUT2D eigenvalue weighted by Gasteiger charge is -2.25. The molecule has 0 N–H and O–H groups in total. The van der Waals surface area contributed by atoms with Gasteiger partial charge >= 0.3 is 0 Å². The molecule has 4 aromatic rings. The molecule has 0 unspecified atom stereocenters. The first-order chi connectivity index (χ1) is 17.1. The number of benzene rings is 3. The quantitative estimate of drug-likeness (QED) is 0.311. The Balaban J connectivity index is 1.63. The van der Waals surface area contributed by atoms with Gasteiger partial charge in [-0.05, 0) is 47.5 Å². The second kappa shape index (κ2) is 11.3. The van der Waals surface area contributed by atoms with Crippen molar-refractivity contribution < 1.29 is 19.0 Å². The van der Waals surface area contributed by atoms with E-state index < -0.39 is 0 Å². The summed E-state index contributed by atoms with van der Waals surface area (Å²) in [6.07, 6.45) is 2.04. The number of aromatic nitrogens is 1. The highest BCUT2D eigenvalue weighted by Crippen LogP contribution is 2.27. The summed E-state index contributed by atoms with van der Waals surface area (Å²) in [4.78, 5) is 15.6. The van der Waals surface area contributed by atoms with E-state index in [-0.39, 0.29) is 5.91 Å². The predicted octanol–water partition coefficient (Wildman–Crippen LogP) is 5.40. The molecule has 3 aromatic carbocycles. The van der Waals surface area contributed by atoms with E-state index in [1.807, 2.05) is 65.7 Å². The molecule has 1 amide bonds. The van der Waals surface area contributed by atoms with Crippen LogP contribution in [-0.4, -0.2) is 36.7 Å². The molecule has 0 fully saturated rings. The molecule has 0 aliphatic heterocycles. The van der Waals surface area contributed by atoms with Crippen molar-refractivity contribution in [3.8, 4) is 17.2 Å². The summed E-state index contributed by atoms with van der Waals surface area (Å²) in [7, 11) is 4.82. The van der Waals surface area contributed by atoms with Crippen molar-refractivity contribution in [1.29, 1.82) is 0 Å². The summed E-state index contributed by atoms with van der Waals surface area (Å²) in [5.74, 6) is 1.84. The summed E-state index contributed by atoms with van der Waals surface area (Å²) in [5, 5.41) is 0. The molecule has 0 bridgehead atoms. The van der Waals surface area contributed by atoms with E-state index >= 15 is 0 Å². The summed E-state index contributed by atoms with van der Waals surface area (Å²) >= 11 is 0. The second-order valence-corrected chi connectivity index (χ2v) is 8.19. The lowest BCUT2D eigenvalue weighted by Crippen LogP contribution is -2.31.